The van der Waals surface area contributed by atoms with Gasteiger partial charge in [0.2, 0.25) is 5.91 Å². The number of aromatic amines is 1. The highest BCUT2D eigenvalue weighted by molar-refractivity contribution is 14.1. The van der Waals surface area contributed by atoms with Gasteiger partial charge in [-0.1, -0.05) is 36.4 Å². The fraction of sp³-hybridized carbons (Fsp3) is 0.179. The van der Waals surface area contributed by atoms with Crippen molar-refractivity contribution in [2.75, 3.05) is 18.1 Å². The van der Waals surface area contributed by atoms with Gasteiger partial charge in [-0.25, -0.2) is 4.90 Å². The van der Waals surface area contributed by atoms with E-state index in [-0.39, 0.29) is 31.4 Å². The Labute approximate surface area is 222 Å². The average molecular weight is 593 g/mol. The van der Waals surface area contributed by atoms with E-state index in [0.29, 0.717) is 17.9 Å². The summed E-state index contributed by atoms with van der Waals surface area (Å²) in [6, 6.07) is 23.3. The lowest BCUT2D eigenvalue weighted by Gasteiger charge is -2.27. The van der Waals surface area contributed by atoms with Gasteiger partial charge in [-0.15, -0.1) is 0 Å². The second-order valence-corrected chi connectivity index (χ2v) is 9.81. The smallest absolute Gasteiger partial charge is 0.261 e. The standard InChI is InChI=1S/C28H24IN3O4/c29-20-10-12-21(13-11-20)32-26(33)16-25(28(32)35)31(27(34)18-36-22-6-2-1-3-7-22)15-14-19-17-30-24-9-5-4-8-23(19)24/h1-13,17,25,30H,14-16,18H2. The van der Waals surface area contributed by atoms with Crippen LogP contribution in [0.5, 0.6) is 5.75 Å². The van der Waals surface area contributed by atoms with Gasteiger partial charge in [0.05, 0.1) is 12.1 Å². The van der Waals surface area contributed by atoms with Crippen LogP contribution in [-0.4, -0.2) is 46.8 Å². The molecule has 2 heterocycles. The van der Waals surface area contributed by atoms with Crippen LogP contribution in [0.4, 0.5) is 5.69 Å². The molecule has 0 saturated carbocycles. The van der Waals surface area contributed by atoms with Gasteiger partial charge >= 0.3 is 0 Å². The lowest BCUT2D eigenvalue weighted by molar-refractivity contribution is -0.140. The number of fused-ring (bicyclic) bond motifs is 1. The van der Waals surface area contributed by atoms with Crippen LogP contribution in [0.25, 0.3) is 10.9 Å². The van der Waals surface area contributed by atoms with Crippen LogP contribution in [0, 0.1) is 3.57 Å². The van der Waals surface area contributed by atoms with Crippen LogP contribution in [-0.2, 0) is 20.8 Å². The molecule has 1 unspecified atom stereocenters. The molecule has 0 aliphatic carbocycles. The summed E-state index contributed by atoms with van der Waals surface area (Å²) in [5, 5.41) is 1.07. The van der Waals surface area contributed by atoms with Crippen molar-refractivity contribution in [1.82, 2.24) is 9.88 Å². The number of aromatic nitrogens is 1. The molecule has 1 N–H and O–H groups in total. The second kappa shape index (κ2) is 10.5. The zero-order chi connectivity index (χ0) is 25.1. The highest BCUT2D eigenvalue weighted by atomic mass is 127. The minimum atomic E-state index is -0.881. The summed E-state index contributed by atoms with van der Waals surface area (Å²) in [7, 11) is 0. The maximum atomic E-state index is 13.5. The van der Waals surface area contributed by atoms with Crippen LogP contribution >= 0.6 is 22.6 Å². The highest BCUT2D eigenvalue weighted by Gasteiger charge is 2.44. The summed E-state index contributed by atoms with van der Waals surface area (Å²) in [6.45, 7) is 0.0580. The number of rotatable bonds is 8. The fourth-order valence-corrected chi connectivity index (χ4v) is 4.86. The number of nitrogens with zero attached hydrogens (tertiary/aromatic N) is 2. The Bertz CT molecular complexity index is 1400. The van der Waals surface area contributed by atoms with Crippen molar-refractivity contribution in [2.24, 2.45) is 0 Å². The molecule has 0 spiro atoms. The van der Waals surface area contributed by atoms with Crippen molar-refractivity contribution in [3.8, 4) is 5.75 Å². The highest BCUT2D eigenvalue weighted by Crippen LogP contribution is 2.27. The molecule has 1 fully saturated rings. The molecule has 5 rings (SSSR count). The van der Waals surface area contributed by atoms with Crippen molar-refractivity contribution >= 4 is 56.9 Å². The molecule has 182 valence electrons. The van der Waals surface area contributed by atoms with E-state index < -0.39 is 11.9 Å². The number of hydrogen-bond donors (Lipinski definition) is 1. The molecule has 3 amide bonds. The lowest BCUT2D eigenvalue weighted by atomic mass is 10.1. The van der Waals surface area contributed by atoms with Gasteiger partial charge in [0.1, 0.15) is 11.8 Å². The zero-order valence-electron chi connectivity index (χ0n) is 19.4. The zero-order valence-corrected chi connectivity index (χ0v) is 21.6. The second-order valence-electron chi connectivity index (χ2n) is 8.56. The maximum Gasteiger partial charge on any atom is 0.261 e. The van der Waals surface area contributed by atoms with Crippen LogP contribution in [0.15, 0.2) is 85.1 Å². The maximum absolute atomic E-state index is 13.5. The number of amides is 3. The first-order chi connectivity index (χ1) is 17.5. The quantitative estimate of drug-likeness (QED) is 0.240. The van der Waals surface area contributed by atoms with Crippen molar-refractivity contribution in [1.29, 1.82) is 0 Å². The Morgan fingerprint density at radius 3 is 2.50 bits per heavy atom. The molecule has 8 heteroatoms. The number of ether oxygens (including phenoxy) is 1. The number of imide groups is 1. The summed E-state index contributed by atoms with van der Waals surface area (Å²) < 4.78 is 6.69. The third-order valence-electron chi connectivity index (χ3n) is 6.31. The van der Waals surface area contributed by atoms with Crippen LogP contribution in [0.2, 0.25) is 0 Å². The molecule has 1 aromatic heterocycles. The van der Waals surface area contributed by atoms with Crippen molar-refractivity contribution in [3.05, 3.63) is 94.2 Å². The number of H-pyrrole nitrogens is 1. The summed E-state index contributed by atoms with van der Waals surface area (Å²) in [5.41, 5.74) is 2.56. The van der Waals surface area contributed by atoms with E-state index in [9.17, 15) is 14.4 Å². The van der Waals surface area contributed by atoms with Gasteiger partial charge in [-0.3, -0.25) is 14.4 Å². The molecule has 0 bridgehead atoms. The largest absolute Gasteiger partial charge is 0.484 e. The molecular formula is C28H24IN3O4. The molecule has 1 aliphatic rings. The average Bonchev–Trinajstić information content (AvgIpc) is 3.44. The predicted molar refractivity (Wildman–Crippen MR) is 146 cm³/mol. The topological polar surface area (TPSA) is 82.7 Å². The van der Waals surface area contributed by atoms with Gasteiger partial charge in [-0.05, 0) is 77.0 Å². The molecule has 36 heavy (non-hydrogen) atoms. The van der Waals surface area contributed by atoms with E-state index in [1.807, 2.05) is 60.8 Å². The molecule has 0 radical (unpaired) electrons. The van der Waals surface area contributed by atoms with E-state index in [1.165, 1.54) is 9.80 Å². The van der Waals surface area contributed by atoms with Crippen LogP contribution < -0.4 is 9.64 Å². The van der Waals surface area contributed by atoms with E-state index in [0.717, 1.165) is 20.0 Å². The first-order valence-electron chi connectivity index (χ1n) is 11.7. The van der Waals surface area contributed by atoms with E-state index >= 15 is 0 Å². The SMILES string of the molecule is O=C1CC(N(CCc2c[nH]c3ccccc23)C(=O)COc2ccccc2)C(=O)N1c1ccc(I)cc1. The fourth-order valence-electron chi connectivity index (χ4n) is 4.50. The number of para-hydroxylation sites is 2. The molecule has 3 aromatic carbocycles. The number of nitrogens with one attached hydrogen (secondary N) is 1. The lowest BCUT2D eigenvalue weighted by Crippen LogP contribution is -2.48. The predicted octanol–water partition coefficient (Wildman–Crippen LogP) is 4.55. The van der Waals surface area contributed by atoms with E-state index in [4.69, 9.17) is 4.74 Å². The third kappa shape index (κ3) is 4.99. The van der Waals surface area contributed by atoms with Gasteiger partial charge in [0, 0.05) is 27.2 Å². The van der Waals surface area contributed by atoms with Gasteiger partial charge in [0.15, 0.2) is 6.61 Å². The molecule has 1 atom stereocenters. The summed E-state index contributed by atoms with van der Waals surface area (Å²) in [5.74, 6) is -0.487. The van der Waals surface area contributed by atoms with Gasteiger partial charge < -0.3 is 14.6 Å². The number of carbonyl (C=O) groups excluding carboxylic acids is 3. The number of benzene rings is 3. The van der Waals surface area contributed by atoms with E-state index in [1.54, 1.807) is 24.3 Å². The van der Waals surface area contributed by atoms with Crippen molar-refractivity contribution in [2.45, 2.75) is 18.9 Å². The van der Waals surface area contributed by atoms with Crippen LogP contribution in [0.1, 0.15) is 12.0 Å². The van der Waals surface area contributed by atoms with Gasteiger partial charge in [-0.2, -0.15) is 0 Å². The van der Waals surface area contributed by atoms with Crippen LogP contribution in [0.3, 0.4) is 0 Å². The molecular weight excluding hydrogens is 569 g/mol. The Kier molecular flexibility index (Phi) is 7.04. The summed E-state index contributed by atoms with van der Waals surface area (Å²) in [4.78, 5) is 45.7. The normalized spacial score (nSPS) is 15.5. The Morgan fingerprint density at radius 2 is 1.72 bits per heavy atom. The monoisotopic (exact) mass is 593 g/mol. The minimum absolute atomic E-state index is 0.0597. The Morgan fingerprint density at radius 1 is 1.00 bits per heavy atom. The van der Waals surface area contributed by atoms with E-state index in [2.05, 4.69) is 27.6 Å². The number of hydrogen-bond acceptors (Lipinski definition) is 4. The molecule has 1 aliphatic heterocycles. The van der Waals surface area contributed by atoms with Crippen molar-refractivity contribution in [3.63, 3.8) is 0 Å². The molecule has 4 aromatic rings. The first kappa shape index (κ1) is 24.1. The summed E-state index contributed by atoms with van der Waals surface area (Å²) >= 11 is 2.17. The number of carbonyl (C=O) groups is 3. The summed E-state index contributed by atoms with van der Waals surface area (Å²) in [6.07, 6.45) is 2.39. The minimum Gasteiger partial charge on any atom is -0.484 e. The Balaban J connectivity index is 1.38. The van der Waals surface area contributed by atoms with Gasteiger partial charge in [0.25, 0.3) is 11.8 Å². The molecule has 7 nitrogen and oxygen atoms in total. The molecule has 1 saturated heterocycles. The number of anilines is 1. The van der Waals surface area contributed by atoms with Crippen molar-refractivity contribution < 1.29 is 19.1 Å². The first-order valence-corrected chi connectivity index (χ1v) is 12.7. The third-order valence-corrected chi connectivity index (χ3v) is 7.03. The number of halogens is 1. The Hall–Kier alpha value is -3.66.